The van der Waals surface area contributed by atoms with Crippen molar-refractivity contribution in [1.29, 1.82) is 0 Å². The molecule has 0 aliphatic heterocycles. The second-order valence-electron chi connectivity index (χ2n) is 3.66. The largest absolute Gasteiger partial charge is 0.503 e. The summed E-state index contributed by atoms with van der Waals surface area (Å²) in [6, 6.07) is 8.46. The van der Waals surface area contributed by atoms with Crippen LogP contribution in [-0.4, -0.2) is 12.2 Å². The number of halogens is 2. The molecule has 0 spiro atoms. The quantitative estimate of drug-likeness (QED) is 0.848. The molecule has 0 radical (unpaired) electrons. The van der Waals surface area contributed by atoms with E-state index in [4.69, 9.17) is 9.84 Å². The van der Waals surface area contributed by atoms with E-state index in [1.807, 2.05) is 0 Å². The fourth-order valence-corrected chi connectivity index (χ4v) is 1.37. The maximum absolute atomic E-state index is 13.1. The molecule has 0 fully saturated rings. The van der Waals surface area contributed by atoms with E-state index in [-0.39, 0.29) is 5.69 Å². The van der Waals surface area contributed by atoms with Gasteiger partial charge in [0.15, 0.2) is 17.4 Å². The zero-order chi connectivity index (χ0) is 13.8. The molecule has 2 rings (SSSR count). The number of hydrogen-bond donors (Lipinski definition) is 1. The number of aromatic hydroxyl groups is 1. The molecule has 0 heterocycles. The lowest BCUT2D eigenvalue weighted by molar-refractivity contribution is 0.396. The lowest BCUT2D eigenvalue weighted by atomic mass is 10.3. The Balaban J connectivity index is 2.22. The van der Waals surface area contributed by atoms with E-state index >= 15 is 0 Å². The van der Waals surface area contributed by atoms with Gasteiger partial charge in [0.25, 0.3) is 0 Å². The molecule has 0 saturated heterocycles. The normalized spacial score (nSPS) is 10.9. The van der Waals surface area contributed by atoms with Gasteiger partial charge in [-0.05, 0) is 24.3 Å². The fourth-order valence-electron chi connectivity index (χ4n) is 1.37. The Labute approximate surface area is 108 Å². The van der Waals surface area contributed by atoms with E-state index < -0.39 is 17.4 Å². The molecule has 0 atom stereocenters. The fraction of sp³-hybridized carbons (Fsp3) is 0.0769. The highest BCUT2D eigenvalue weighted by atomic mass is 19.1. The van der Waals surface area contributed by atoms with Gasteiger partial charge in [-0.3, -0.25) is 0 Å². The number of phenolic OH excluding ortho intramolecular Hbond substituents is 1. The van der Waals surface area contributed by atoms with Crippen molar-refractivity contribution in [3.63, 3.8) is 0 Å². The van der Waals surface area contributed by atoms with Crippen LogP contribution < -0.4 is 4.74 Å². The Morgan fingerprint density at radius 3 is 2.00 bits per heavy atom. The van der Waals surface area contributed by atoms with Crippen molar-refractivity contribution in [2.24, 2.45) is 10.2 Å². The predicted octanol–water partition coefficient (Wildman–Crippen LogP) is 4.09. The van der Waals surface area contributed by atoms with Gasteiger partial charge < -0.3 is 9.84 Å². The number of benzene rings is 2. The van der Waals surface area contributed by atoms with Crippen molar-refractivity contribution < 1.29 is 18.6 Å². The van der Waals surface area contributed by atoms with Gasteiger partial charge >= 0.3 is 0 Å². The van der Waals surface area contributed by atoms with Crippen LogP contribution in [0, 0.1) is 11.6 Å². The zero-order valence-electron chi connectivity index (χ0n) is 9.97. The number of phenols is 1. The third kappa shape index (κ3) is 3.04. The van der Waals surface area contributed by atoms with E-state index in [9.17, 15) is 8.78 Å². The summed E-state index contributed by atoms with van der Waals surface area (Å²) in [6.45, 7) is 0. The predicted molar refractivity (Wildman–Crippen MR) is 65.2 cm³/mol. The molecule has 2 aromatic rings. The minimum absolute atomic E-state index is 0.0244. The topological polar surface area (TPSA) is 54.2 Å². The number of ether oxygens (including phenoxy) is 1. The monoisotopic (exact) mass is 264 g/mol. The van der Waals surface area contributed by atoms with Crippen LogP contribution in [0.1, 0.15) is 0 Å². The van der Waals surface area contributed by atoms with Gasteiger partial charge in [0.1, 0.15) is 5.75 Å². The first-order chi connectivity index (χ1) is 9.10. The van der Waals surface area contributed by atoms with Crippen LogP contribution in [0.15, 0.2) is 46.6 Å². The Hall–Kier alpha value is -2.50. The van der Waals surface area contributed by atoms with Crippen molar-refractivity contribution in [3.05, 3.63) is 48.0 Å². The minimum atomic E-state index is -1.08. The highest BCUT2D eigenvalue weighted by Gasteiger charge is 2.08. The summed E-state index contributed by atoms with van der Waals surface area (Å²) in [4.78, 5) is 0. The molecule has 6 heteroatoms. The van der Waals surface area contributed by atoms with Crippen LogP contribution in [0.4, 0.5) is 20.2 Å². The van der Waals surface area contributed by atoms with Gasteiger partial charge in [0.05, 0.1) is 18.5 Å². The third-order valence-corrected chi connectivity index (χ3v) is 2.36. The first-order valence-corrected chi connectivity index (χ1v) is 5.34. The highest BCUT2D eigenvalue weighted by Crippen LogP contribution is 2.27. The van der Waals surface area contributed by atoms with E-state index in [2.05, 4.69) is 10.2 Å². The standard InChI is InChI=1S/C13H10F2N2O2/c1-19-10-4-2-8(3-5-10)16-17-9-6-11(14)13(18)12(15)7-9/h2-7,18H,1H3. The van der Waals surface area contributed by atoms with Crippen molar-refractivity contribution in [2.45, 2.75) is 0 Å². The van der Waals surface area contributed by atoms with Crippen molar-refractivity contribution in [3.8, 4) is 11.5 Å². The Morgan fingerprint density at radius 2 is 1.47 bits per heavy atom. The van der Waals surface area contributed by atoms with Crippen LogP contribution in [0.5, 0.6) is 11.5 Å². The van der Waals surface area contributed by atoms with Crippen molar-refractivity contribution >= 4 is 11.4 Å². The summed E-state index contributed by atoms with van der Waals surface area (Å²) in [5, 5.41) is 16.4. The zero-order valence-corrected chi connectivity index (χ0v) is 9.97. The van der Waals surface area contributed by atoms with E-state index in [1.165, 1.54) is 0 Å². The summed E-state index contributed by atoms with van der Waals surface area (Å²) in [7, 11) is 1.54. The molecule has 1 N–H and O–H groups in total. The molecular weight excluding hydrogens is 254 g/mol. The van der Waals surface area contributed by atoms with Crippen LogP contribution in [0.3, 0.4) is 0 Å². The number of azo groups is 1. The molecule has 4 nitrogen and oxygen atoms in total. The van der Waals surface area contributed by atoms with Crippen LogP contribution >= 0.6 is 0 Å². The smallest absolute Gasteiger partial charge is 0.187 e. The van der Waals surface area contributed by atoms with E-state index in [1.54, 1.807) is 31.4 Å². The molecule has 0 saturated carbocycles. The van der Waals surface area contributed by atoms with Gasteiger partial charge in [-0.15, -0.1) is 0 Å². The van der Waals surface area contributed by atoms with Crippen molar-refractivity contribution in [2.75, 3.05) is 7.11 Å². The van der Waals surface area contributed by atoms with Crippen LogP contribution in [0.2, 0.25) is 0 Å². The number of methoxy groups -OCH3 is 1. The van der Waals surface area contributed by atoms with Crippen LogP contribution in [0.25, 0.3) is 0 Å². The van der Waals surface area contributed by atoms with E-state index in [0.717, 1.165) is 12.1 Å². The number of nitrogens with zero attached hydrogens (tertiary/aromatic N) is 2. The molecular formula is C13H10F2N2O2. The summed E-state index contributed by atoms with van der Waals surface area (Å²) >= 11 is 0. The molecule has 0 aliphatic rings. The number of rotatable bonds is 3. The van der Waals surface area contributed by atoms with Crippen molar-refractivity contribution in [1.82, 2.24) is 0 Å². The second kappa shape index (κ2) is 5.43. The lowest BCUT2D eigenvalue weighted by Crippen LogP contribution is -1.81. The number of hydrogen-bond acceptors (Lipinski definition) is 4. The summed E-state index contributed by atoms with van der Waals surface area (Å²) in [6.07, 6.45) is 0. The molecule has 0 aromatic heterocycles. The maximum Gasteiger partial charge on any atom is 0.187 e. The van der Waals surface area contributed by atoms with Gasteiger partial charge in [0.2, 0.25) is 0 Å². The first kappa shape index (κ1) is 12.9. The van der Waals surface area contributed by atoms with Gasteiger partial charge in [-0.2, -0.15) is 10.2 Å². The lowest BCUT2D eigenvalue weighted by Gasteiger charge is -1.99. The molecule has 98 valence electrons. The summed E-state index contributed by atoms with van der Waals surface area (Å²) < 4.78 is 31.1. The Morgan fingerprint density at radius 1 is 0.947 bits per heavy atom. The van der Waals surface area contributed by atoms with Crippen LogP contribution in [-0.2, 0) is 0 Å². The average Bonchev–Trinajstić information content (AvgIpc) is 2.43. The molecule has 0 bridgehead atoms. The first-order valence-electron chi connectivity index (χ1n) is 5.34. The highest BCUT2D eigenvalue weighted by molar-refractivity contribution is 5.45. The minimum Gasteiger partial charge on any atom is -0.503 e. The molecule has 0 amide bonds. The Bertz CT molecular complexity index is 590. The summed E-state index contributed by atoms with van der Waals surface area (Å²) in [5.74, 6) is -2.52. The SMILES string of the molecule is COc1ccc(N=Nc2cc(F)c(O)c(F)c2)cc1. The molecule has 2 aromatic carbocycles. The van der Waals surface area contributed by atoms with Gasteiger partial charge in [0, 0.05) is 12.1 Å². The average molecular weight is 264 g/mol. The van der Waals surface area contributed by atoms with Gasteiger partial charge in [-0.1, -0.05) is 0 Å². The molecule has 0 aliphatic carbocycles. The van der Waals surface area contributed by atoms with Gasteiger partial charge in [-0.25, -0.2) is 8.78 Å². The summed E-state index contributed by atoms with van der Waals surface area (Å²) in [5.41, 5.74) is 0.485. The molecule has 0 unspecified atom stereocenters. The Kier molecular flexibility index (Phi) is 3.70. The van der Waals surface area contributed by atoms with E-state index in [0.29, 0.717) is 11.4 Å². The third-order valence-electron chi connectivity index (χ3n) is 2.36. The second-order valence-corrected chi connectivity index (χ2v) is 3.66. The molecule has 19 heavy (non-hydrogen) atoms. The maximum atomic E-state index is 13.1.